The summed E-state index contributed by atoms with van der Waals surface area (Å²) >= 11 is 0. The molecule has 2 rings (SSSR count). The van der Waals surface area contributed by atoms with Crippen LogP contribution in [0.25, 0.3) is 10.9 Å². The Kier molecular flexibility index (Phi) is 3.69. The Morgan fingerprint density at radius 2 is 1.71 bits per heavy atom. The largest absolute Gasteiger partial charge is 0.282 e. The fourth-order valence-corrected chi connectivity index (χ4v) is 1.09. The van der Waals surface area contributed by atoms with E-state index in [2.05, 4.69) is 37.0 Å². The molecule has 76 valence electrons. The van der Waals surface area contributed by atoms with Crippen LogP contribution < -0.4 is 0 Å². The number of fused-ring (bicyclic) bond motifs is 1. The molecule has 0 aliphatic rings. The number of para-hydroxylation sites is 1. The van der Waals surface area contributed by atoms with Crippen molar-refractivity contribution < 1.29 is 0 Å². The summed E-state index contributed by atoms with van der Waals surface area (Å²) in [5.41, 5.74) is 2.18. The van der Waals surface area contributed by atoms with Gasteiger partial charge < -0.3 is 0 Å². The van der Waals surface area contributed by atoms with Gasteiger partial charge in [0.2, 0.25) is 0 Å². The Balaban J connectivity index is 0.000000213. The van der Waals surface area contributed by atoms with E-state index in [0.29, 0.717) is 0 Å². The first kappa shape index (κ1) is 10.8. The van der Waals surface area contributed by atoms with Crippen molar-refractivity contribution >= 4 is 10.9 Å². The summed E-state index contributed by atoms with van der Waals surface area (Å²) in [4.78, 5) is 0. The monoisotopic (exact) mass is 190 g/mol. The minimum absolute atomic E-state index is 0.833. The Morgan fingerprint density at radius 3 is 2.29 bits per heavy atom. The third-order valence-corrected chi connectivity index (χ3v) is 1.65. The third-order valence-electron chi connectivity index (χ3n) is 1.65. The number of hydrogen-bond donors (Lipinski definition) is 1. The molecule has 0 bridgehead atoms. The highest BCUT2D eigenvalue weighted by molar-refractivity contribution is 5.80. The maximum atomic E-state index is 4.09. The van der Waals surface area contributed by atoms with Crippen LogP contribution in [0.5, 0.6) is 0 Å². The molecule has 1 heterocycles. The van der Waals surface area contributed by atoms with E-state index in [1.165, 1.54) is 5.39 Å². The molecule has 1 N–H and O–H groups in total. The van der Waals surface area contributed by atoms with Crippen LogP contribution in [0.15, 0.2) is 24.3 Å². The zero-order valence-corrected chi connectivity index (χ0v) is 9.33. The van der Waals surface area contributed by atoms with Crippen molar-refractivity contribution in [2.24, 2.45) is 5.92 Å². The van der Waals surface area contributed by atoms with Crippen molar-refractivity contribution in [1.82, 2.24) is 10.2 Å². The third kappa shape index (κ3) is 2.87. The molecular formula is C12H18N2. The van der Waals surface area contributed by atoms with Gasteiger partial charge in [-0.1, -0.05) is 39.0 Å². The highest BCUT2D eigenvalue weighted by atomic mass is 15.1. The second kappa shape index (κ2) is 4.80. The minimum atomic E-state index is 0.833. The lowest BCUT2D eigenvalue weighted by Crippen LogP contribution is -1.67. The van der Waals surface area contributed by atoms with E-state index in [1.54, 1.807) is 0 Å². The lowest BCUT2D eigenvalue weighted by molar-refractivity contribution is 0.737. The molecule has 0 unspecified atom stereocenters. The van der Waals surface area contributed by atoms with E-state index in [-0.39, 0.29) is 0 Å². The summed E-state index contributed by atoms with van der Waals surface area (Å²) in [6, 6.07) is 8.07. The van der Waals surface area contributed by atoms with Crippen LogP contribution in [-0.2, 0) is 0 Å². The maximum Gasteiger partial charge on any atom is 0.0923 e. The van der Waals surface area contributed by atoms with Crippen LogP contribution in [0.3, 0.4) is 0 Å². The standard InChI is InChI=1S/C8H8N2.C4H10/c1-6-7-4-2-3-5-8(7)10-9-6;1-4(2)3/h2-5H,1H3,(H,9,10);4H,1-3H3. The van der Waals surface area contributed by atoms with Crippen LogP contribution in [0.1, 0.15) is 26.5 Å². The number of nitrogens with zero attached hydrogens (tertiary/aromatic N) is 1. The Morgan fingerprint density at radius 1 is 1.14 bits per heavy atom. The van der Waals surface area contributed by atoms with Crippen LogP contribution in [0.2, 0.25) is 0 Å². The van der Waals surface area contributed by atoms with E-state index >= 15 is 0 Å². The van der Waals surface area contributed by atoms with Gasteiger partial charge >= 0.3 is 0 Å². The van der Waals surface area contributed by atoms with Gasteiger partial charge in [-0.3, -0.25) is 5.10 Å². The van der Waals surface area contributed by atoms with Gasteiger partial charge in [0.15, 0.2) is 0 Å². The minimum Gasteiger partial charge on any atom is -0.282 e. The highest BCUT2D eigenvalue weighted by Gasteiger charge is 1.96. The van der Waals surface area contributed by atoms with Gasteiger partial charge in [-0.2, -0.15) is 5.10 Å². The number of H-pyrrole nitrogens is 1. The second-order valence-electron chi connectivity index (χ2n) is 4.10. The average Bonchev–Trinajstić information content (AvgIpc) is 2.48. The first-order chi connectivity index (χ1) is 6.61. The maximum absolute atomic E-state index is 4.09. The smallest absolute Gasteiger partial charge is 0.0923 e. The molecule has 0 aliphatic carbocycles. The van der Waals surface area contributed by atoms with E-state index in [0.717, 1.165) is 17.1 Å². The molecule has 0 amide bonds. The number of aryl methyl sites for hydroxylation is 1. The SMILES string of the molecule is CC(C)C.Cc1[nH]nc2ccccc12. The molecule has 0 saturated heterocycles. The predicted molar refractivity (Wildman–Crippen MR) is 61.3 cm³/mol. The fourth-order valence-electron chi connectivity index (χ4n) is 1.09. The molecule has 1 aromatic heterocycles. The van der Waals surface area contributed by atoms with Gasteiger partial charge in [0, 0.05) is 11.1 Å². The topological polar surface area (TPSA) is 28.7 Å². The zero-order valence-electron chi connectivity index (χ0n) is 9.33. The van der Waals surface area contributed by atoms with Gasteiger partial charge in [-0.25, -0.2) is 0 Å². The van der Waals surface area contributed by atoms with Crippen LogP contribution in [-0.4, -0.2) is 10.2 Å². The van der Waals surface area contributed by atoms with E-state index in [4.69, 9.17) is 0 Å². The van der Waals surface area contributed by atoms with Crippen LogP contribution in [0.4, 0.5) is 0 Å². The van der Waals surface area contributed by atoms with Crippen molar-refractivity contribution in [1.29, 1.82) is 0 Å². The Bertz CT molecular complexity index is 385. The van der Waals surface area contributed by atoms with Gasteiger partial charge in [-0.15, -0.1) is 0 Å². The van der Waals surface area contributed by atoms with E-state index in [9.17, 15) is 0 Å². The molecule has 1 aromatic carbocycles. The zero-order chi connectivity index (χ0) is 10.6. The Labute approximate surface area is 85.3 Å². The van der Waals surface area contributed by atoms with Crippen molar-refractivity contribution in [2.75, 3.05) is 0 Å². The molecule has 0 spiro atoms. The van der Waals surface area contributed by atoms with Gasteiger partial charge in [0.1, 0.15) is 0 Å². The normalized spacial score (nSPS) is 10.1. The lowest BCUT2D eigenvalue weighted by Gasteiger charge is -1.84. The summed E-state index contributed by atoms with van der Waals surface area (Å²) < 4.78 is 0. The van der Waals surface area contributed by atoms with Crippen molar-refractivity contribution in [3.63, 3.8) is 0 Å². The number of hydrogen-bond acceptors (Lipinski definition) is 1. The molecule has 0 saturated carbocycles. The van der Waals surface area contributed by atoms with Gasteiger partial charge in [0.05, 0.1) is 5.52 Å². The number of aromatic nitrogens is 2. The molecule has 2 aromatic rings. The number of nitrogens with one attached hydrogen (secondary N) is 1. The molecule has 2 heteroatoms. The quantitative estimate of drug-likeness (QED) is 0.676. The number of benzene rings is 1. The van der Waals surface area contributed by atoms with Crippen molar-refractivity contribution in [2.45, 2.75) is 27.7 Å². The highest BCUT2D eigenvalue weighted by Crippen LogP contribution is 2.12. The predicted octanol–water partition coefficient (Wildman–Crippen LogP) is 3.53. The lowest BCUT2D eigenvalue weighted by atomic mass is 10.2. The first-order valence-electron chi connectivity index (χ1n) is 5.01. The van der Waals surface area contributed by atoms with Crippen molar-refractivity contribution in [3.05, 3.63) is 30.0 Å². The molecule has 0 atom stereocenters. The molecule has 0 fully saturated rings. The van der Waals surface area contributed by atoms with Crippen LogP contribution in [0, 0.1) is 12.8 Å². The summed E-state index contributed by atoms with van der Waals surface area (Å²) in [5.74, 6) is 0.833. The molecular weight excluding hydrogens is 172 g/mol. The van der Waals surface area contributed by atoms with Gasteiger partial charge in [0.25, 0.3) is 0 Å². The molecule has 0 radical (unpaired) electrons. The second-order valence-corrected chi connectivity index (χ2v) is 4.10. The molecule has 0 aliphatic heterocycles. The summed E-state index contributed by atoms with van der Waals surface area (Å²) in [5, 5.41) is 8.23. The molecule has 2 nitrogen and oxygen atoms in total. The van der Waals surface area contributed by atoms with Crippen LogP contribution >= 0.6 is 0 Å². The first-order valence-corrected chi connectivity index (χ1v) is 5.01. The van der Waals surface area contributed by atoms with Crippen molar-refractivity contribution in [3.8, 4) is 0 Å². The number of rotatable bonds is 0. The fraction of sp³-hybridized carbons (Fsp3) is 0.417. The van der Waals surface area contributed by atoms with Gasteiger partial charge in [-0.05, 0) is 18.9 Å². The summed E-state index contributed by atoms with van der Waals surface area (Å²) in [6.45, 7) is 8.52. The summed E-state index contributed by atoms with van der Waals surface area (Å²) in [6.07, 6.45) is 0. The number of aromatic amines is 1. The van der Waals surface area contributed by atoms with E-state index in [1.807, 2.05) is 25.1 Å². The Hall–Kier alpha value is -1.31. The average molecular weight is 190 g/mol. The summed E-state index contributed by atoms with van der Waals surface area (Å²) in [7, 11) is 0. The molecule has 14 heavy (non-hydrogen) atoms. The van der Waals surface area contributed by atoms with E-state index < -0.39 is 0 Å².